The predicted molar refractivity (Wildman–Crippen MR) is 126 cm³/mol. The highest BCUT2D eigenvalue weighted by Gasteiger charge is 2.29. The van der Waals surface area contributed by atoms with Crippen molar-refractivity contribution in [3.63, 3.8) is 0 Å². The van der Waals surface area contributed by atoms with Crippen molar-refractivity contribution in [3.8, 4) is 0 Å². The number of halogens is 2. The number of rotatable bonds is 9. The summed E-state index contributed by atoms with van der Waals surface area (Å²) in [6.45, 7) is 3.17. The minimum atomic E-state index is -1.32. The number of nitrogens with one attached hydrogen (secondary N) is 3. The topological polar surface area (TPSA) is 168 Å². The SMILES string of the molecule is Cc1c(C(=O)NC(C)CO)c(I)c(NC(=O)C(C)O)c(I)c1C(=O)NC(CO)CO. The molecule has 0 aromatic heterocycles. The summed E-state index contributed by atoms with van der Waals surface area (Å²) in [5.74, 6) is -1.93. The maximum absolute atomic E-state index is 12.9. The first-order chi connectivity index (χ1) is 14.0. The minimum absolute atomic E-state index is 0.0746. The Bertz CT molecular complexity index is 814. The highest BCUT2D eigenvalue weighted by molar-refractivity contribution is 14.1. The van der Waals surface area contributed by atoms with E-state index in [9.17, 15) is 34.8 Å². The van der Waals surface area contributed by atoms with Crippen LogP contribution in [-0.4, -0.2) is 76.2 Å². The lowest BCUT2D eigenvalue weighted by atomic mass is 9.99. The highest BCUT2D eigenvalue weighted by atomic mass is 127. The first-order valence-electron chi connectivity index (χ1n) is 8.94. The monoisotopic (exact) mass is 649 g/mol. The Kier molecular flexibility index (Phi) is 10.9. The van der Waals surface area contributed by atoms with Crippen LogP contribution in [-0.2, 0) is 4.79 Å². The summed E-state index contributed by atoms with van der Waals surface area (Å²) in [5, 5.41) is 44.9. The van der Waals surface area contributed by atoms with E-state index in [1.165, 1.54) is 6.92 Å². The van der Waals surface area contributed by atoms with Gasteiger partial charge in [-0.1, -0.05) is 0 Å². The zero-order valence-corrected chi connectivity index (χ0v) is 20.9. The molecule has 0 heterocycles. The molecule has 0 saturated heterocycles. The lowest BCUT2D eigenvalue weighted by molar-refractivity contribution is -0.123. The van der Waals surface area contributed by atoms with Crippen LogP contribution in [0.15, 0.2) is 0 Å². The fourth-order valence-corrected chi connectivity index (χ4v) is 5.05. The molecule has 0 spiro atoms. The molecule has 0 aliphatic heterocycles. The molecule has 2 atom stereocenters. The zero-order valence-electron chi connectivity index (χ0n) is 16.6. The highest BCUT2D eigenvalue weighted by Crippen LogP contribution is 2.35. The van der Waals surface area contributed by atoms with Crippen LogP contribution in [0.3, 0.4) is 0 Å². The molecule has 7 N–H and O–H groups in total. The maximum Gasteiger partial charge on any atom is 0.253 e. The number of aliphatic hydroxyl groups is 4. The molecule has 12 heteroatoms. The summed E-state index contributed by atoms with van der Waals surface area (Å²) >= 11 is 3.72. The lowest BCUT2D eigenvalue weighted by Crippen LogP contribution is -2.41. The molecule has 0 aliphatic carbocycles. The quantitative estimate of drug-likeness (QED) is 0.181. The molecule has 168 valence electrons. The molecule has 30 heavy (non-hydrogen) atoms. The van der Waals surface area contributed by atoms with Gasteiger partial charge in [0.15, 0.2) is 0 Å². The second-order valence-electron chi connectivity index (χ2n) is 6.64. The van der Waals surface area contributed by atoms with Crippen molar-refractivity contribution in [1.29, 1.82) is 0 Å². The molecule has 0 radical (unpaired) electrons. The van der Waals surface area contributed by atoms with E-state index >= 15 is 0 Å². The van der Waals surface area contributed by atoms with Gasteiger partial charge in [-0.15, -0.1) is 0 Å². The van der Waals surface area contributed by atoms with Crippen molar-refractivity contribution >= 4 is 68.6 Å². The number of aliphatic hydroxyl groups excluding tert-OH is 4. The van der Waals surface area contributed by atoms with E-state index in [1.54, 1.807) is 13.8 Å². The van der Waals surface area contributed by atoms with Crippen molar-refractivity contribution in [2.45, 2.75) is 39.0 Å². The van der Waals surface area contributed by atoms with E-state index in [4.69, 9.17) is 0 Å². The van der Waals surface area contributed by atoms with Crippen LogP contribution >= 0.6 is 45.2 Å². The molecular formula is C18H25I2N3O7. The van der Waals surface area contributed by atoms with Gasteiger partial charge in [0, 0.05) is 6.04 Å². The van der Waals surface area contributed by atoms with Crippen LogP contribution in [0.25, 0.3) is 0 Å². The van der Waals surface area contributed by atoms with Gasteiger partial charge in [0.1, 0.15) is 6.10 Å². The van der Waals surface area contributed by atoms with Gasteiger partial charge in [0.25, 0.3) is 17.7 Å². The van der Waals surface area contributed by atoms with E-state index in [2.05, 4.69) is 16.0 Å². The largest absolute Gasteiger partial charge is 0.394 e. The summed E-state index contributed by atoms with van der Waals surface area (Å²) in [5.41, 5.74) is 0.676. The number of anilines is 1. The molecular weight excluding hydrogens is 624 g/mol. The number of hydrogen-bond acceptors (Lipinski definition) is 7. The van der Waals surface area contributed by atoms with Gasteiger partial charge in [-0.2, -0.15) is 0 Å². The van der Waals surface area contributed by atoms with Gasteiger partial charge in [0.2, 0.25) is 0 Å². The average molecular weight is 649 g/mol. The van der Waals surface area contributed by atoms with Crippen LogP contribution in [0.4, 0.5) is 5.69 Å². The summed E-state index contributed by atoms with van der Waals surface area (Å²) in [6, 6.07) is -1.46. The number of carbonyl (C=O) groups is 3. The van der Waals surface area contributed by atoms with Crippen molar-refractivity contribution in [2.75, 3.05) is 25.1 Å². The molecule has 10 nitrogen and oxygen atoms in total. The van der Waals surface area contributed by atoms with Gasteiger partial charge < -0.3 is 36.4 Å². The first kappa shape index (κ1) is 27.0. The third kappa shape index (κ3) is 6.46. The van der Waals surface area contributed by atoms with Gasteiger partial charge in [-0.05, 0) is 71.5 Å². The normalized spacial score (nSPS) is 13.0. The molecule has 0 fully saturated rings. The molecule has 0 aliphatic rings. The van der Waals surface area contributed by atoms with Crippen molar-refractivity contribution < 1.29 is 34.8 Å². The third-order valence-electron chi connectivity index (χ3n) is 4.14. The van der Waals surface area contributed by atoms with Gasteiger partial charge in [-0.25, -0.2) is 0 Å². The van der Waals surface area contributed by atoms with Gasteiger partial charge in [-0.3, -0.25) is 14.4 Å². The summed E-state index contributed by atoms with van der Waals surface area (Å²) in [7, 11) is 0. The zero-order chi connectivity index (χ0) is 23.2. The van der Waals surface area contributed by atoms with E-state index in [-0.39, 0.29) is 23.4 Å². The van der Waals surface area contributed by atoms with Crippen molar-refractivity contribution in [1.82, 2.24) is 10.6 Å². The maximum atomic E-state index is 12.9. The van der Waals surface area contributed by atoms with Crippen molar-refractivity contribution in [2.24, 2.45) is 0 Å². The molecule has 1 aromatic rings. The van der Waals surface area contributed by atoms with Crippen molar-refractivity contribution in [3.05, 3.63) is 23.8 Å². The third-order valence-corrected chi connectivity index (χ3v) is 6.29. The lowest BCUT2D eigenvalue weighted by Gasteiger charge is -2.22. The van der Waals surface area contributed by atoms with E-state index in [0.717, 1.165) is 0 Å². The number of amides is 3. The number of hydrogen-bond donors (Lipinski definition) is 7. The molecule has 3 amide bonds. The molecule has 2 unspecified atom stereocenters. The minimum Gasteiger partial charge on any atom is -0.394 e. The Labute approximate surface area is 201 Å². The standard InChI is InChI=1S/C18H25I2N3O7/c1-7(4-24)21-17(29)11-8(2)12(18(30)22-10(5-25)6-26)14(20)15(13(11)19)23-16(28)9(3)27/h7,9-10,24-27H,4-6H2,1-3H3,(H,21,29)(H,22,30)(H,23,28). The van der Waals surface area contributed by atoms with Crippen LogP contribution < -0.4 is 16.0 Å². The van der Waals surface area contributed by atoms with E-state index in [0.29, 0.717) is 12.7 Å². The summed E-state index contributed by atoms with van der Waals surface area (Å²) in [6.07, 6.45) is -1.32. The second kappa shape index (κ2) is 12.1. The number of carbonyl (C=O) groups excluding carboxylic acids is 3. The summed E-state index contributed by atoms with van der Waals surface area (Å²) < 4.78 is 0.672. The second-order valence-corrected chi connectivity index (χ2v) is 8.79. The van der Waals surface area contributed by atoms with E-state index < -0.39 is 49.1 Å². The fraction of sp³-hybridized carbons (Fsp3) is 0.500. The van der Waals surface area contributed by atoms with Crippen LogP contribution in [0.5, 0.6) is 0 Å². The van der Waals surface area contributed by atoms with Gasteiger partial charge >= 0.3 is 0 Å². The Balaban J connectivity index is 3.66. The van der Waals surface area contributed by atoms with Gasteiger partial charge in [0.05, 0.1) is 49.8 Å². The Morgan fingerprint density at radius 2 is 1.37 bits per heavy atom. The Morgan fingerprint density at radius 1 is 0.900 bits per heavy atom. The predicted octanol–water partition coefficient (Wildman–Crippen LogP) is -0.283. The molecule has 0 bridgehead atoms. The molecule has 0 saturated carbocycles. The molecule has 1 rings (SSSR count). The average Bonchev–Trinajstić information content (AvgIpc) is 2.68. The van der Waals surface area contributed by atoms with Crippen LogP contribution in [0, 0.1) is 14.1 Å². The Hall–Kier alpha value is -1.07. The van der Waals surface area contributed by atoms with E-state index in [1.807, 2.05) is 45.2 Å². The Morgan fingerprint density at radius 3 is 1.77 bits per heavy atom. The summed E-state index contributed by atoms with van der Waals surface area (Å²) in [4.78, 5) is 37.8. The van der Waals surface area contributed by atoms with Crippen LogP contribution in [0.2, 0.25) is 0 Å². The fourth-order valence-electron chi connectivity index (χ4n) is 2.43. The first-order valence-corrected chi connectivity index (χ1v) is 11.1. The van der Waals surface area contributed by atoms with Crippen LogP contribution in [0.1, 0.15) is 40.1 Å². The number of benzene rings is 1. The smallest absolute Gasteiger partial charge is 0.253 e. The molecule has 1 aromatic carbocycles.